The second-order valence-corrected chi connectivity index (χ2v) is 6.07. The van der Waals surface area contributed by atoms with E-state index in [1.807, 2.05) is 32.6 Å². The third-order valence-corrected chi connectivity index (χ3v) is 4.17. The lowest BCUT2D eigenvalue weighted by molar-refractivity contribution is -0.137. The van der Waals surface area contributed by atoms with Crippen LogP contribution >= 0.6 is 0 Å². The van der Waals surface area contributed by atoms with Crippen LogP contribution in [0, 0.1) is 25.7 Å². The number of nitrogens with zero attached hydrogens (tertiary/aromatic N) is 2. The molecule has 0 atom stereocenters. The van der Waals surface area contributed by atoms with Gasteiger partial charge in [-0.1, -0.05) is 13.8 Å². The summed E-state index contributed by atoms with van der Waals surface area (Å²) >= 11 is 0. The van der Waals surface area contributed by atoms with Gasteiger partial charge in [-0.2, -0.15) is 5.10 Å². The zero-order chi connectivity index (χ0) is 15.6. The molecule has 2 N–H and O–H groups in total. The summed E-state index contributed by atoms with van der Waals surface area (Å²) in [5.74, 6) is 0.759. The van der Waals surface area contributed by atoms with Crippen LogP contribution in [0.15, 0.2) is 0 Å². The van der Waals surface area contributed by atoms with Gasteiger partial charge in [0.2, 0.25) is 11.8 Å². The van der Waals surface area contributed by atoms with Gasteiger partial charge in [-0.05, 0) is 26.7 Å². The van der Waals surface area contributed by atoms with Crippen molar-refractivity contribution in [3.05, 3.63) is 11.3 Å². The largest absolute Gasteiger partial charge is 0.342 e. The third kappa shape index (κ3) is 3.43. The predicted octanol–water partition coefficient (Wildman–Crippen LogP) is 1.86. The van der Waals surface area contributed by atoms with E-state index in [2.05, 4.69) is 15.5 Å². The standard InChI is InChI=1S/C15H24N4O2/c1-9(2)15(21)19-7-5-12(6-8-19)14(20)16-13-10(3)11(4)17-18-13/h9,12H,5-8H2,1-4H3,(H2,16,17,18,20). The van der Waals surface area contributed by atoms with Gasteiger partial charge < -0.3 is 10.2 Å². The summed E-state index contributed by atoms with van der Waals surface area (Å²) in [5.41, 5.74) is 1.93. The highest BCUT2D eigenvalue weighted by Crippen LogP contribution is 2.21. The monoisotopic (exact) mass is 292 g/mol. The van der Waals surface area contributed by atoms with Crippen molar-refractivity contribution in [2.24, 2.45) is 11.8 Å². The Bertz CT molecular complexity index is 528. The van der Waals surface area contributed by atoms with Crippen LogP contribution in [0.25, 0.3) is 0 Å². The third-order valence-electron chi connectivity index (χ3n) is 4.17. The molecule has 2 rings (SSSR count). The normalized spacial score (nSPS) is 16.3. The molecule has 6 heteroatoms. The molecule has 21 heavy (non-hydrogen) atoms. The molecule has 116 valence electrons. The Labute approximate surface area is 125 Å². The van der Waals surface area contributed by atoms with E-state index in [0.29, 0.717) is 31.7 Å². The molecular weight excluding hydrogens is 268 g/mol. The zero-order valence-electron chi connectivity index (χ0n) is 13.2. The average molecular weight is 292 g/mol. The van der Waals surface area contributed by atoms with Crippen LogP contribution in [0.2, 0.25) is 0 Å². The van der Waals surface area contributed by atoms with Crippen LogP contribution < -0.4 is 5.32 Å². The van der Waals surface area contributed by atoms with E-state index in [1.165, 1.54) is 0 Å². The Morgan fingerprint density at radius 1 is 1.29 bits per heavy atom. The summed E-state index contributed by atoms with van der Waals surface area (Å²) in [6.07, 6.45) is 1.43. The molecule has 1 aromatic heterocycles. The molecule has 1 saturated heterocycles. The maximum Gasteiger partial charge on any atom is 0.228 e. The number of anilines is 1. The number of aromatic amines is 1. The minimum Gasteiger partial charge on any atom is -0.342 e. The van der Waals surface area contributed by atoms with Crippen LogP contribution in [0.4, 0.5) is 5.82 Å². The number of likely N-dealkylation sites (tertiary alicyclic amines) is 1. The van der Waals surface area contributed by atoms with E-state index < -0.39 is 0 Å². The van der Waals surface area contributed by atoms with Crippen molar-refractivity contribution in [2.45, 2.75) is 40.5 Å². The first-order chi connectivity index (χ1) is 9.90. The van der Waals surface area contributed by atoms with E-state index in [9.17, 15) is 9.59 Å². The van der Waals surface area contributed by atoms with Gasteiger partial charge in [0, 0.05) is 36.2 Å². The van der Waals surface area contributed by atoms with Gasteiger partial charge in [0.05, 0.1) is 0 Å². The fourth-order valence-electron chi connectivity index (χ4n) is 2.55. The van der Waals surface area contributed by atoms with Gasteiger partial charge in [0.1, 0.15) is 0 Å². The number of H-pyrrole nitrogens is 1. The fraction of sp³-hybridized carbons (Fsp3) is 0.667. The van der Waals surface area contributed by atoms with Gasteiger partial charge in [0.25, 0.3) is 0 Å². The van der Waals surface area contributed by atoms with E-state index in [1.54, 1.807) is 0 Å². The fourth-order valence-corrected chi connectivity index (χ4v) is 2.55. The first-order valence-electron chi connectivity index (χ1n) is 7.51. The van der Waals surface area contributed by atoms with Gasteiger partial charge in [0.15, 0.2) is 5.82 Å². The Morgan fingerprint density at radius 2 is 1.90 bits per heavy atom. The highest BCUT2D eigenvalue weighted by Gasteiger charge is 2.28. The van der Waals surface area contributed by atoms with E-state index in [0.717, 1.165) is 11.3 Å². The van der Waals surface area contributed by atoms with Crippen molar-refractivity contribution in [3.8, 4) is 0 Å². The molecule has 1 aliphatic heterocycles. The molecule has 0 bridgehead atoms. The number of aromatic nitrogens is 2. The van der Waals surface area contributed by atoms with Crippen LogP contribution in [-0.2, 0) is 9.59 Å². The molecule has 6 nitrogen and oxygen atoms in total. The number of rotatable bonds is 3. The second kappa shape index (κ2) is 6.28. The molecule has 0 radical (unpaired) electrons. The summed E-state index contributed by atoms with van der Waals surface area (Å²) in [5, 5.41) is 9.84. The number of carbonyl (C=O) groups is 2. The summed E-state index contributed by atoms with van der Waals surface area (Å²) in [4.78, 5) is 26.1. The minimum atomic E-state index is -0.0439. The van der Waals surface area contributed by atoms with Gasteiger partial charge >= 0.3 is 0 Å². The van der Waals surface area contributed by atoms with Crippen molar-refractivity contribution in [1.82, 2.24) is 15.1 Å². The molecule has 0 saturated carbocycles. The molecule has 2 heterocycles. The molecule has 1 aromatic rings. The molecule has 1 fully saturated rings. The molecule has 0 spiro atoms. The van der Waals surface area contributed by atoms with Crippen molar-refractivity contribution in [2.75, 3.05) is 18.4 Å². The van der Waals surface area contributed by atoms with E-state index in [4.69, 9.17) is 0 Å². The van der Waals surface area contributed by atoms with Gasteiger partial charge in [-0.15, -0.1) is 0 Å². The van der Waals surface area contributed by atoms with Crippen molar-refractivity contribution in [1.29, 1.82) is 0 Å². The van der Waals surface area contributed by atoms with Crippen LogP contribution in [0.5, 0.6) is 0 Å². The smallest absolute Gasteiger partial charge is 0.228 e. The number of nitrogens with one attached hydrogen (secondary N) is 2. The van der Waals surface area contributed by atoms with Crippen LogP contribution in [0.3, 0.4) is 0 Å². The summed E-state index contributed by atoms with van der Waals surface area (Å²) in [7, 11) is 0. The SMILES string of the molecule is Cc1[nH]nc(NC(=O)C2CCN(C(=O)C(C)C)CC2)c1C. The van der Waals surface area contributed by atoms with Crippen molar-refractivity contribution in [3.63, 3.8) is 0 Å². The molecule has 0 unspecified atom stereocenters. The maximum absolute atomic E-state index is 12.3. The number of hydrogen-bond acceptors (Lipinski definition) is 3. The Hall–Kier alpha value is -1.85. The second-order valence-electron chi connectivity index (χ2n) is 6.07. The number of hydrogen-bond donors (Lipinski definition) is 2. The first-order valence-corrected chi connectivity index (χ1v) is 7.51. The Balaban J connectivity index is 1.89. The van der Waals surface area contributed by atoms with E-state index >= 15 is 0 Å². The first kappa shape index (κ1) is 15.5. The van der Waals surface area contributed by atoms with E-state index in [-0.39, 0.29) is 23.7 Å². The lowest BCUT2D eigenvalue weighted by Gasteiger charge is -2.32. The number of aryl methyl sites for hydroxylation is 1. The molecule has 2 amide bonds. The topological polar surface area (TPSA) is 78.1 Å². The molecular formula is C15H24N4O2. The van der Waals surface area contributed by atoms with Gasteiger partial charge in [-0.25, -0.2) is 0 Å². The predicted molar refractivity (Wildman–Crippen MR) is 80.8 cm³/mol. The van der Waals surface area contributed by atoms with Gasteiger partial charge in [-0.3, -0.25) is 14.7 Å². The lowest BCUT2D eigenvalue weighted by atomic mass is 9.95. The van der Waals surface area contributed by atoms with Crippen molar-refractivity contribution < 1.29 is 9.59 Å². The number of amides is 2. The molecule has 0 aliphatic carbocycles. The summed E-state index contributed by atoms with van der Waals surface area (Å²) in [6, 6.07) is 0. The quantitative estimate of drug-likeness (QED) is 0.892. The minimum absolute atomic E-state index is 0.00115. The Kier molecular flexibility index (Phi) is 4.65. The zero-order valence-corrected chi connectivity index (χ0v) is 13.2. The Morgan fingerprint density at radius 3 is 2.38 bits per heavy atom. The molecule has 1 aliphatic rings. The number of piperidine rings is 1. The summed E-state index contributed by atoms with van der Waals surface area (Å²) in [6.45, 7) is 8.99. The summed E-state index contributed by atoms with van der Waals surface area (Å²) < 4.78 is 0. The van der Waals surface area contributed by atoms with Crippen LogP contribution in [0.1, 0.15) is 37.9 Å². The molecule has 0 aromatic carbocycles. The van der Waals surface area contributed by atoms with Crippen LogP contribution in [-0.4, -0.2) is 40.0 Å². The lowest BCUT2D eigenvalue weighted by Crippen LogP contribution is -2.43. The highest BCUT2D eigenvalue weighted by atomic mass is 16.2. The van der Waals surface area contributed by atoms with Crippen molar-refractivity contribution >= 4 is 17.6 Å². The maximum atomic E-state index is 12.3. The highest BCUT2D eigenvalue weighted by molar-refractivity contribution is 5.92. The average Bonchev–Trinajstić information content (AvgIpc) is 2.78. The number of carbonyl (C=O) groups excluding carboxylic acids is 2.